The Labute approximate surface area is 264 Å². The van der Waals surface area contributed by atoms with Gasteiger partial charge in [-0.2, -0.15) is 0 Å². The zero-order valence-corrected chi connectivity index (χ0v) is 27.4. The standard InChI is InChI=1S/C32H40ClN3O7S/c1-7-26(32(38)34-19-22(2)3)35(20-23-11-9-8-10-12-23)31(37)21-36(27-17-24(33)13-15-28(27)41-4)44(39,40)25-14-16-29(42-5)30(18-25)43-6/h8-18,22,26H,7,19-21H2,1-6H3,(H,34,38). The van der Waals surface area contributed by atoms with Gasteiger partial charge in [-0.3, -0.25) is 13.9 Å². The Kier molecular flexibility index (Phi) is 12.3. The van der Waals surface area contributed by atoms with Crippen molar-refractivity contribution in [1.82, 2.24) is 10.2 Å². The van der Waals surface area contributed by atoms with E-state index >= 15 is 0 Å². The van der Waals surface area contributed by atoms with Crippen LogP contribution in [0.5, 0.6) is 17.2 Å². The Morgan fingerprint density at radius 1 is 0.886 bits per heavy atom. The van der Waals surface area contributed by atoms with Crippen molar-refractivity contribution in [2.24, 2.45) is 5.92 Å². The zero-order valence-electron chi connectivity index (χ0n) is 25.9. The third-order valence-electron chi connectivity index (χ3n) is 6.90. The van der Waals surface area contributed by atoms with Gasteiger partial charge in [0.15, 0.2) is 11.5 Å². The Morgan fingerprint density at radius 2 is 1.52 bits per heavy atom. The maximum atomic E-state index is 14.3. The first-order valence-electron chi connectivity index (χ1n) is 14.2. The number of carbonyl (C=O) groups is 2. The molecule has 1 atom stereocenters. The lowest BCUT2D eigenvalue weighted by Crippen LogP contribution is -2.52. The maximum Gasteiger partial charge on any atom is 0.265 e. The number of hydrogen-bond donors (Lipinski definition) is 1. The molecule has 1 unspecified atom stereocenters. The molecule has 3 aromatic carbocycles. The Hall–Kier alpha value is -3.96. The SMILES string of the molecule is CCC(C(=O)NCC(C)C)N(Cc1ccccc1)C(=O)CN(c1cc(Cl)ccc1OC)S(=O)(=O)c1ccc(OC)c(OC)c1. The number of hydrogen-bond acceptors (Lipinski definition) is 7. The summed E-state index contributed by atoms with van der Waals surface area (Å²) in [6.07, 6.45) is 0.311. The van der Waals surface area contributed by atoms with Crippen molar-refractivity contribution in [1.29, 1.82) is 0 Å². The van der Waals surface area contributed by atoms with Crippen LogP contribution in [-0.2, 0) is 26.2 Å². The fraction of sp³-hybridized carbons (Fsp3) is 0.375. The van der Waals surface area contributed by atoms with E-state index in [0.717, 1.165) is 9.87 Å². The van der Waals surface area contributed by atoms with E-state index < -0.39 is 28.5 Å². The quantitative estimate of drug-likeness (QED) is 0.243. The Bertz CT molecular complexity index is 1530. The van der Waals surface area contributed by atoms with Crippen LogP contribution in [0.1, 0.15) is 32.8 Å². The number of nitrogens with one attached hydrogen (secondary N) is 1. The van der Waals surface area contributed by atoms with Gasteiger partial charge in [-0.25, -0.2) is 8.42 Å². The van der Waals surface area contributed by atoms with Crippen molar-refractivity contribution in [3.63, 3.8) is 0 Å². The number of amides is 2. The number of sulfonamides is 1. The number of nitrogens with zero attached hydrogens (tertiary/aromatic N) is 2. The molecular weight excluding hydrogens is 606 g/mol. The van der Waals surface area contributed by atoms with Crippen LogP contribution < -0.4 is 23.8 Å². The number of benzene rings is 3. The van der Waals surface area contributed by atoms with Gasteiger partial charge >= 0.3 is 0 Å². The van der Waals surface area contributed by atoms with Gasteiger partial charge < -0.3 is 24.4 Å². The molecule has 0 fully saturated rings. The third-order valence-corrected chi connectivity index (χ3v) is 8.89. The second kappa shape index (κ2) is 15.7. The lowest BCUT2D eigenvalue weighted by atomic mass is 10.1. The number of halogens is 1. The number of rotatable bonds is 15. The molecule has 0 aliphatic rings. The van der Waals surface area contributed by atoms with Crippen LogP contribution in [-0.4, -0.2) is 65.6 Å². The smallest absolute Gasteiger partial charge is 0.265 e. The lowest BCUT2D eigenvalue weighted by molar-refractivity contribution is -0.140. The average molecular weight is 646 g/mol. The predicted octanol–water partition coefficient (Wildman–Crippen LogP) is 5.14. The molecule has 2 amide bonds. The number of methoxy groups -OCH3 is 3. The van der Waals surface area contributed by atoms with Gasteiger partial charge in [0, 0.05) is 24.2 Å². The fourth-order valence-electron chi connectivity index (χ4n) is 4.60. The summed E-state index contributed by atoms with van der Waals surface area (Å²) >= 11 is 6.32. The van der Waals surface area contributed by atoms with Gasteiger partial charge in [-0.15, -0.1) is 0 Å². The minimum atomic E-state index is -4.43. The Balaban J connectivity index is 2.15. The lowest BCUT2D eigenvalue weighted by Gasteiger charge is -2.33. The van der Waals surface area contributed by atoms with Crippen LogP contribution in [0.3, 0.4) is 0 Å². The fourth-order valence-corrected chi connectivity index (χ4v) is 6.20. The van der Waals surface area contributed by atoms with E-state index in [1.54, 1.807) is 6.07 Å². The first-order chi connectivity index (χ1) is 21.0. The number of ether oxygens (including phenoxy) is 3. The molecule has 0 saturated heterocycles. The van der Waals surface area contributed by atoms with Crippen LogP contribution in [0, 0.1) is 5.92 Å². The molecule has 1 N–H and O–H groups in total. The summed E-state index contributed by atoms with van der Waals surface area (Å²) in [6.45, 7) is 5.64. The molecule has 10 nitrogen and oxygen atoms in total. The van der Waals surface area contributed by atoms with Crippen molar-refractivity contribution in [3.8, 4) is 17.2 Å². The van der Waals surface area contributed by atoms with E-state index in [0.29, 0.717) is 18.7 Å². The number of anilines is 1. The molecular formula is C32H40ClN3O7S. The summed E-state index contributed by atoms with van der Waals surface area (Å²) in [6, 6.07) is 17.0. The maximum absolute atomic E-state index is 14.3. The van der Waals surface area contributed by atoms with E-state index in [2.05, 4.69) is 5.32 Å². The molecule has 0 spiro atoms. The van der Waals surface area contributed by atoms with Crippen LogP contribution in [0.15, 0.2) is 71.6 Å². The first-order valence-corrected chi connectivity index (χ1v) is 16.0. The summed E-state index contributed by atoms with van der Waals surface area (Å²) < 4.78 is 45.7. The highest BCUT2D eigenvalue weighted by molar-refractivity contribution is 7.92. The summed E-state index contributed by atoms with van der Waals surface area (Å²) in [5.41, 5.74) is 0.839. The molecule has 238 valence electrons. The van der Waals surface area contributed by atoms with Gasteiger partial charge in [0.25, 0.3) is 10.0 Å². The topological polar surface area (TPSA) is 114 Å². The normalized spacial score (nSPS) is 11.9. The molecule has 3 aromatic rings. The molecule has 0 aliphatic heterocycles. The predicted molar refractivity (Wildman–Crippen MR) is 171 cm³/mol. The van der Waals surface area contributed by atoms with E-state index in [1.165, 1.54) is 56.6 Å². The molecule has 0 radical (unpaired) electrons. The first kappa shape index (κ1) is 34.5. The van der Waals surface area contributed by atoms with E-state index in [-0.39, 0.29) is 45.5 Å². The zero-order chi connectivity index (χ0) is 32.4. The number of carbonyl (C=O) groups excluding carboxylic acids is 2. The van der Waals surface area contributed by atoms with Crippen LogP contribution in [0.2, 0.25) is 5.02 Å². The largest absolute Gasteiger partial charge is 0.495 e. The summed E-state index contributed by atoms with van der Waals surface area (Å²) in [5.74, 6) is -0.000506. The second-order valence-electron chi connectivity index (χ2n) is 10.4. The van der Waals surface area contributed by atoms with Crippen molar-refractivity contribution >= 4 is 39.1 Å². The molecule has 44 heavy (non-hydrogen) atoms. The van der Waals surface area contributed by atoms with Gasteiger partial charge in [-0.1, -0.05) is 62.7 Å². The minimum Gasteiger partial charge on any atom is -0.495 e. The van der Waals surface area contributed by atoms with Crippen molar-refractivity contribution < 1.29 is 32.2 Å². The van der Waals surface area contributed by atoms with E-state index in [9.17, 15) is 18.0 Å². The Morgan fingerprint density at radius 3 is 2.11 bits per heavy atom. The van der Waals surface area contributed by atoms with Gasteiger partial charge in [0.05, 0.1) is 31.9 Å². The van der Waals surface area contributed by atoms with Crippen LogP contribution >= 0.6 is 11.6 Å². The summed E-state index contributed by atoms with van der Waals surface area (Å²) in [7, 11) is -0.197. The van der Waals surface area contributed by atoms with Crippen LogP contribution in [0.25, 0.3) is 0 Å². The van der Waals surface area contributed by atoms with E-state index in [1.807, 2.05) is 51.1 Å². The third kappa shape index (κ3) is 8.35. The van der Waals surface area contributed by atoms with Crippen molar-refractivity contribution in [2.45, 2.75) is 44.7 Å². The summed E-state index contributed by atoms with van der Waals surface area (Å²) in [4.78, 5) is 28.9. The molecule has 12 heteroatoms. The summed E-state index contributed by atoms with van der Waals surface area (Å²) in [5, 5.41) is 3.15. The monoisotopic (exact) mass is 645 g/mol. The van der Waals surface area contributed by atoms with Crippen molar-refractivity contribution in [2.75, 3.05) is 38.7 Å². The highest BCUT2D eigenvalue weighted by Crippen LogP contribution is 2.37. The molecule has 0 aromatic heterocycles. The molecule has 0 aliphatic carbocycles. The highest BCUT2D eigenvalue weighted by atomic mass is 35.5. The van der Waals surface area contributed by atoms with Gasteiger partial charge in [0.2, 0.25) is 11.8 Å². The second-order valence-corrected chi connectivity index (χ2v) is 12.7. The van der Waals surface area contributed by atoms with E-state index in [4.69, 9.17) is 25.8 Å². The van der Waals surface area contributed by atoms with Gasteiger partial charge in [-0.05, 0) is 48.2 Å². The molecule has 3 rings (SSSR count). The average Bonchev–Trinajstić information content (AvgIpc) is 3.02. The molecule has 0 saturated carbocycles. The minimum absolute atomic E-state index is 0.0557. The molecule has 0 heterocycles. The van der Waals surface area contributed by atoms with Crippen molar-refractivity contribution in [3.05, 3.63) is 77.3 Å². The molecule has 0 bridgehead atoms. The van der Waals surface area contributed by atoms with Gasteiger partial charge in [0.1, 0.15) is 18.3 Å². The highest BCUT2D eigenvalue weighted by Gasteiger charge is 2.35. The van der Waals surface area contributed by atoms with Crippen LogP contribution in [0.4, 0.5) is 5.69 Å².